The lowest BCUT2D eigenvalue weighted by Crippen LogP contribution is -1.67. The molecule has 0 spiro atoms. The van der Waals surface area contributed by atoms with Crippen molar-refractivity contribution in [3.8, 4) is 0 Å². The third-order valence-electron chi connectivity index (χ3n) is 2.39. The Morgan fingerprint density at radius 2 is 0.824 bits per heavy atom. The zero-order valence-electron chi connectivity index (χ0n) is 9.38. The molecule has 3 aromatic rings. The van der Waals surface area contributed by atoms with E-state index in [0.717, 1.165) is 5.02 Å². The Balaban J connectivity index is 0.000000136. The third kappa shape index (κ3) is 3.61. The van der Waals surface area contributed by atoms with Gasteiger partial charge in [-0.1, -0.05) is 78.3 Å². The minimum Gasteiger partial charge on any atom is -0.0843 e. The Labute approximate surface area is 106 Å². The number of benzene rings is 3. The highest BCUT2D eigenvalue weighted by atomic mass is 35.5. The number of hydrogen-bond donors (Lipinski definition) is 0. The molecule has 0 fully saturated rings. The average molecular weight is 241 g/mol. The molecule has 0 aromatic heterocycles. The van der Waals surface area contributed by atoms with Gasteiger partial charge in [0.2, 0.25) is 0 Å². The predicted molar refractivity (Wildman–Crippen MR) is 75.4 cm³/mol. The van der Waals surface area contributed by atoms with E-state index >= 15 is 0 Å². The highest BCUT2D eigenvalue weighted by Crippen LogP contribution is 2.11. The van der Waals surface area contributed by atoms with Crippen molar-refractivity contribution < 1.29 is 0 Å². The molecule has 0 aliphatic heterocycles. The summed E-state index contributed by atoms with van der Waals surface area (Å²) in [6.45, 7) is 0. The molecule has 0 unspecified atom stereocenters. The molecule has 0 bridgehead atoms. The SMILES string of the molecule is Clc1ccccc1.c1ccc2ccccc2c1. The smallest absolute Gasteiger partial charge is 0.0405 e. The van der Waals surface area contributed by atoms with Gasteiger partial charge in [-0.15, -0.1) is 0 Å². The van der Waals surface area contributed by atoms with E-state index in [0.29, 0.717) is 0 Å². The van der Waals surface area contributed by atoms with Gasteiger partial charge in [0, 0.05) is 5.02 Å². The van der Waals surface area contributed by atoms with Gasteiger partial charge in [-0.2, -0.15) is 0 Å². The first-order valence-corrected chi connectivity index (χ1v) is 5.88. The lowest BCUT2D eigenvalue weighted by Gasteiger charge is -1.92. The maximum Gasteiger partial charge on any atom is 0.0405 e. The molecule has 0 N–H and O–H groups in total. The normalized spacial score (nSPS) is 9.47. The zero-order valence-corrected chi connectivity index (χ0v) is 10.1. The van der Waals surface area contributed by atoms with Crippen molar-refractivity contribution in [2.45, 2.75) is 0 Å². The highest BCUT2D eigenvalue weighted by Gasteiger charge is 1.85. The summed E-state index contributed by atoms with van der Waals surface area (Å²) in [7, 11) is 0. The van der Waals surface area contributed by atoms with Crippen LogP contribution in [0.4, 0.5) is 0 Å². The van der Waals surface area contributed by atoms with Crippen molar-refractivity contribution in [2.24, 2.45) is 0 Å². The summed E-state index contributed by atoms with van der Waals surface area (Å²) in [5.74, 6) is 0. The summed E-state index contributed by atoms with van der Waals surface area (Å²) >= 11 is 5.54. The van der Waals surface area contributed by atoms with Crippen LogP contribution in [0.3, 0.4) is 0 Å². The van der Waals surface area contributed by atoms with Crippen LogP contribution in [-0.2, 0) is 0 Å². The Morgan fingerprint density at radius 3 is 1.12 bits per heavy atom. The molecule has 0 amide bonds. The van der Waals surface area contributed by atoms with Crippen molar-refractivity contribution in [2.75, 3.05) is 0 Å². The monoisotopic (exact) mass is 240 g/mol. The zero-order chi connectivity index (χ0) is 11.9. The Bertz CT molecular complexity index is 508. The van der Waals surface area contributed by atoms with Crippen LogP contribution in [0, 0.1) is 0 Å². The second-order valence-corrected chi connectivity index (χ2v) is 4.08. The van der Waals surface area contributed by atoms with Gasteiger partial charge >= 0.3 is 0 Å². The van der Waals surface area contributed by atoms with E-state index in [4.69, 9.17) is 11.6 Å². The molecule has 3 aromatic carbocycles. The largest absolute Gasteiger partial charge is 0.0843 e. The van der Waals surface area contributed by atoms with Gasteiger partial charge in [0.1, 0.15) is 0 Å². The first kappa shape index (κ1) is 11.7. The number of hydrogen-bond acceptors (Lipinski definition) is 0. The van der Waals surface area contributed by atoms with Crippen molar-refractivity contribution in [1.82, 2.24) is 0 Å². The molecule has 0 aliphatic carbocycles. The van der Waals surface area contributed by atoms with Crippen molar-refractivity contribution in [3.63, 3.8) is 0 Å². The molecule has 3 rings (SSSR count). The van der Waals surface area contributed by atoms with Crippen LogP contribution in [0.15, 0.2) is 78.9 Å². The first-order valence-electron chi connectivity index (χ1n) is 5.50. The molecular formula is C16H13Cl. The van der Waals surface area contributed by atoms with Crippen LogP contribution in [0.2, 0.25) is 5.02 Å². The van der Waals surface area contributed by atoms with Gasteiger partial charge in [-0.05, 0) is 22.9 Å². The summed E-state index contributed by atoms with van der Waals surface area (Å²) in [5.41, 5.74) is 0. The van der Waals surface area contributed by atoms with Crippen molar-refractivity contribution in [1.29, 1.82) is 0 Å². The standard InChI is InChI=1S/C10H8.C6H5Cl/c1-2-6-10-8-4-3-7-9(10)5-1;7-6-4-2-1-3-5-6/h1-8H;1-5H. The quantitative estimate of drug-likeness (QED) is 0.508. The summed E-state index contributed by atoms with van der Waals surface area (Å²) in [4.78, 5) is 0. The first-order chi connectivity index (χ1) is 8.36. The summed E-state index contributed by atoms with van der Waals surface area (Å²) in [6, 6.07) is 26.2. The average Bonchev–Trinajstić information content (AvgIpc) is 2.41. The van der Waals surface area contributed by atoms with Crippen LogP contribution in [0.1, 0.15) is 0 Å². The second-order valence-electron chi connectivity index (χ2n) is 3.64. The van der Waals surface area contributed by atoms with E-state index in [1.165, 1.54) is 10.8 Å². The van der Waals surface area contributed by atoms with E-state index < -0.39 is 0 Å². The van der Waals surface area contributed by atoms with Crippen LogP contribution >= 0.6 is 11.6 Å². The fourth-order valence-electron chi connectivity index (χ4n) is 1.55. The Morgan fingerprint density at radius 1 is 0.471 bits per heavy atom. The summed E-state index contributed by atoms with van der Waals surface area (Å²) in [6.07, 6.45) is 0. The lowest BCUT2D eigenvalue weighted by atomic mass is 10.1. The van der Waals surface area contributed by atoms with Crippen LogP contribution in [0.25, 0.3) is 10.8 Å². The van der Waals surface area contributed by atoms with E-state index in [2.05, 4.69) is 48.5 Å². The van der Waals surface area contributed by atoms with E-state index in [1.807, 2.05) is 30.3 Å². The third-order valence-corrected chi connectivity index (χ3v) is 2.64. The predicted octanol–water partition coefficient (Wildman–Crippen LogP) is 5.18. The number of fused-ring (bicyclic) bond motifs is 1. The van der Waals surface area contributed by atoms with Gasteiger partial charge in [0.25, 0.3) is 0 Å². The van der Waals surface area contributed by atoms with Crippen LogP contribution in [-0.4, -0.2) is 0 Å². The molecule has 84 valence electrons. The van der Waals surface area contributed by atoms with Gasteiger partial charge in [-0.3, -0.25) is 0 Å². The topological polar surface area (TPSA) is 0 Å². The molecule has 0 aliphatic rings. The minimum absolute atomic E-state index is 0.794. The van der Waals surface area contributed by atoms with Gasteiger partial charge in [0.15, 0.2) is 0 Å². The second kappa shape index (κ2) is 6.07. The fraction of sp³-hybridized carbons (Fsp3) is 0. The van der Waals surface area contributed by atoms with Crippen molar-refractivity contribution >= 4 is 22.4 Å². The molecule has 17 heavy (non-hydrogen) atoms. The lowest BCUT2D eigenvalue weighted by molar-refractivity contribution is 1.71. The van der Waals surface area contributed by atoms with E-state index in [-0.39, 0.29) is 0 Å². The molecule has 0 nitrogen and oxygen atoms in total. The molecule has 0 heterocycles. The summed E-state index contributed by atoms with van der Waals surface area (Å²) < 4.78 is 0. The molecule has 1 heteroatoms. The molecule has 0 saturated heterocycles. The van der Waals surface area contributed by atoms with Gasteiger partial charge in [0.05, 0.1) is 0 Å². The summed E-state index contributed by atoms with van der Waals surface area (Å²) in [5, 5.41) is 3.41. The Kier molecular flexibility index (Phi) is 4.17. The van der Waals surface area contributed by atoms with Crippen LogP contribution in [0.5, 0.6) is 0 Å². The number of rotatable bonds is 0. The number of halogens is 1. The van der Waals surface area contributed by atoms with E-state index in [9.17, 15) is 0 Å². The molecule has 0 saturated carbocycles. The van der Waals surface area contributed by atoms with Crippen molar-refractivity contribution in [3.05, 3.63) is 83.9 Å². The fourth-order valence-corrected chi connectivity index (χ4v) is 1.69. The van der Waals surface area contributed by atoms with Gasteiger partial charge < -0.3 is 0 Å². The minimum atomic E-state index is 0.794. The molecular weight excluding hydrogens is 228 g/mol. The maximum atomic E-state index is 5.54. The maximum absolute atomic E-state index is 5.54. The molecule has 0 radical (unpaired) electrons. The highest BCUT2D eigenvalue weighted by molar-refractivity contribution is 6.30. The van der Waals surface area contributed by atoms with Crippen LogP contribution < -0.4 is 0 Å². The molecule has 0 atom stereocenters. The van der Waals surface area contributed by atoms with Gasteiger partial charge in [-0.25, -0.2) is 0 Å². The van der Waals surface area contributed by atoms with E-state index in [1.54, 1.807) is 0 Å². The Hall–Kier alpha value is -1.79.